The maximum atomic E-state index is 14.7. The molecule has 3 aliphatic rings. The first-order valence-corrected chi connectivity index (χ1v) is 12.2. The number of aromatic hydroxyl groups is 1. The van der Waals surface area contributed by atoms with Gasteiger partial charge < -0.3 is 21.1 Å². The Morgan fingerprint density at radius 1 is 1.07 bits per heavy atom. The molecule has 0 aromatic heterocycles. The topological polar surface area (TPSA) is 175 Å². The number of carbonyl (C=O) groups excluding carboxylic acids is 5. The summed E-state index contributed by atoms with van der Waals surface area (Å²) in [7, 11) is 2.73. The van der Waals surface area contributed by atoms with E-state index in [4.69, 9.17) is 5.73 Å². The summed E-state index contributed by atoms with van der Waals surface area (Å²) in [6.45, 7) is 0. The number of hydrogen-bond acceptors (Lipinski definition) is 9. The van der Waals surface area contributed by atoms with Crippen LogP contribution >= 0.6 is 0 Å². The molecule has 0 saturated heterocycles. The number of aliphatic hydroxyl groups excluding tert-OH is 1. The number of rotatable bonds is 3. The number of amides is 1. The molecule has 208 valence electrons. The first-order chi connectivity index (χ1) is 18.7. The van der Waals surface area contributed by atoms with E-state index in [9.17, 15) is 48.1 Å². The third kappa shape index (κ3) is 3.60. The van der Waals surface area contributed by atoms with E-state index in [1.165, 1.54) is 37.2 Å². The molecule has 1 amide bonds. The fourth-order valence-corrected chi connectivity index (χ4v) is 6.46. The first-order valence-electron chi connectivity index (χ1n) is 12.2. The highest BCUT2D eigenvalue weighted by molar-refractivity contribution is 6.33. The summed E-state index contributed by atoms with van der Waals surface area (Å²) in [5, 5.41) is 34.0. The van der Waals surface area contributed by atoms with Crippen LogP contribution in [0, 0.1) is 35.3 Å². The number of ketones is 4. The third-order valence-corrected chi connectivity index (χ3v) is 8.15. The van der Waals surface area contributed by atoms with Crippen molar-refractivity contribution in [2.24, 2.45) is 29.4 Å². The Hall–Kier alpha value is -4.13. The second kappa shape index (κ2) is 9.22. The average molecular weight is 555 g/mol. The summed E-state index contributed by atoms with van der Waals surface area (Å²) in [6, 6.07) is 5.01. The number of aliphatic hydroxyl groups is 2. The van der Waals surface area contributed by atoms with Crippen LogP contribution in [0.15, 0.2) is 36.4 Å². The van der Waals surface area contributed by atoms with Gasteiger partial charge in [0.2, 0.25) is 5.91 Å². The first kappa shape index (κ1) is 27.4. The second-order valence-electron chi connectivity index (χ2n) is 10.5. The van der Waals surface area contributed by atoms with Crippen LogP contribution in [0.3, 0.4) is 0 Å². The van der Waals surface area contributed by atoms with Gasteiger partial charge in [0.15, 0.2) is 34.7 Å². The highest BCUT2D eigenvalue weighted by atomic mass is 19.1. The summed E-state index contributed by atoms with van der Waals surface area (Å²) in [5.41, 5.74) is 1.55. The number of phenols is 1. The van der Waals surface area contributed by atoms with Gasteiger partial charge in [0, 0.05) is 17.5 Å². The van der Waals surface area contributed by atoms with Crippen LogP contribution in [0.5, 0.6) is 5.75 Å². The molecule has 0 radical (unpaired) electrons. The molecular weight excluding hydrogens is 530 g/mol. The summed E-state index contributed by atoms with van der Waals surface area (Å²) in [5.74, 6) is -16.4. The van der Waals surface area contributed by atoms with Crippen molar-refractivity contribution in [2.45, 2.75) is 17.7 Å². The monoisotopic (exact) mass is 554 g/mol. The highest BCUT2D eigenvalue weighted by Crippen LogP contribution is 2.54. The highest BCUT2D eigenvalue weighted by Gasteiger charge is 2.72. The quantitative estimate of drug-likeness (QED) is 0.384. The van der Waals surface area contributed by atoms with E-state index in [-0.39, 0.29) is 22.3 Å². The fourth-order valence-electron chi connectivity index (χ4n) is 6.46. The van der Waals surface area contributed by atoms with Gasteiger partial charge in [-0.1, -0.05) is 12.1 Å². The Kier molecular flexibility index (Phi) is 6.32. The Morgan fingerprint density at radius 2 is 1.75 bits per heavy atom. The molecule has 0 aliphatic heterocycles. The van der Waals surface area contributed by atoms with Crippen LogP contribution < -0.4 is 5.73 Å². The lowest BCUT2D eigenvalue weighted by Gasteiger charge is -2.55. The van der Waals surface area contributed by atoms with Crippen molar-refractivity contribution >= 4 is 40.7 Å². The molecule has 12 heteroatoms. The van der Waals surface area contributed by atoms with E-state index < -0.39 is 87.8 Å². The summed E-state index contributed by atoms with van der Waals surface area (Å²) in [4.78, 5) is 67.8. The normalized spacial score (nSPS) is 32.6. The largest absolute Gasteiger partial charge is 0.507 e. The molecular formula is C28H24F2N2O8. The number of nitrogens with two attached hydrogens (primary N) is 1. The molecule has 5 N–H and O–H groups in total. The lowest BCUT2D eigenvalue weighted by molar-refractivity contribution is -0.192. The number of Topliss-reactive ketones (excluding diaryl/α,β-unsaturated/α-hetero) is 4. The molecule has 0 bridgehead atoms. The van der Waals surface area contributed by atoms with E-state index in [1.54, 1.807) is 0 Å². The summed E-state index contributed by atoms with van der Waals surface area (Å²) in [6.07, 6.45) is -0.780. The van der Waals surface area contributed by atoms with Gasteiger partial charge in [-0.15, -0.1) is 0 Å². The molecule has 2 unspecified atom stereocenters. The molecule has 0 spiro atoms. The molecule has 2 fully saturated rings. The Morgan fingerprint density at radius 3 is 2.35 bits per heavy atom. The smallest absolute Gasteiger partial charge is 0.235 e. The lowest BCUT2D eigenvalue weighted by Crippen LogP contribution is -2.77. The van der Waals surface area contributed by atoms with Crippen LogP contribution in [0.1, 0.15) is 21.5 Å². The summed E-state index contributed by atoms with van der Waals surface area (Å²) < 4.78 is 28.4. The van der Waals surface area contributed by atoms with Gasteiger partial charge in [-0.2, -0.15) is 0 Å². The molecule has 10 nitrogen and oxygen atoms in total. The van der Waals surface area contributed by atoms with Crippen LogP contribution in [-0.4, -0.2) is 81.1 Å². The van der Waals surface area contributed by atoms with Gasteiger partial charge >= 0.3 is 0 Å². The third-order valence-electron chi connectivity index (χ3n) is 8.15. The second-order valence-corrected chi connectivity index (χ2v) is 10.5. The van der Waals surface area contributed by atoms with Crippen molar-refractivity contribution < 1.29 is 48.1 Å². The van der Waals surface area contributed by atoms with Gasteiger partial charge in [0.1, 0.15) is 17.4 Å². The van der Waals surface area contributed by atoms with Crippen molar-refractivity contribution in [3.8, 4) is 5.75 Å². The van der Waals surface area contributed by atoms with Crippen molar-refractivity contribution in [3.05, 3.63) is 64.7 Å². The number of phenolic OH excluding ortho intramolecular Hbond substituents is 1. The van der Waals surface area contributed by atoms with Gasteiger partial charge in [-0.05, 0) is 49.5 Å². The molecule has 40 heavy (non-hydrogen) atoms. The summed E-state index contributed by atoms with van der Waals surface area (Å²) >= 11 is 0. The zero-order valence-corrected chi connectivity index (χ0v) is 21.2. The van der Waals surface area contributed by atoms with Crippen LogP contribution in [0.4, 0.5) is 8.78 Å². The number of fused-ring (bicyclic) bond motifs is 3. The van der Waals surface area contributed by atoms with Crippen LogP contribution in [-0.2, 0) is 19.2 Å². The minimum Gasteiger partial charge on any atom is -0.507 e. The van der Waals surface area contributed by atoms with E-state index >= 15 is 0 Å². The number of nitrogens with zero attached hydrogens (tertiary/aromatic N) is 1. The number of hydrogen-bond donors (Lipinski definition) is 4. The standard InChI is InChI=1S/C28H24F2N2O8/c1-32(2)21-20-23(35)17-13(8-10-6-7-11(29)9-14(10)30)12-4-3-5-15(33)16(12)22(34)18(17)25(37)28(20,40)26(38)19(24(21)36)27(31)39/h3-9,17-21,23,33,35,40H,1-2H3,(H2,31,39)/t17-,18?,19?,20-,21+,23+,28+/m0/s1. The van der Waals surface area contributed by atoms with Gasteiger partial charge in [0.05, 0.1) is 29.5 Å². The van der Waals surface area contributed by atoms with Crippen molar-refractivity contribution in [2.75, 3.05) is 14.1 Å². The van der Waals surface area contributed by atoms with E-state index in [2.05, 4.69) is 0 Å². The minimum atomic E-state index is -3.17. The predicted molar refractivity (Wildman–Crippen MR) is 133 cm³/mol. The number of primary amides is 1. The molecule has 2 aromatic rings. The van der Waals surface area contributed by atoms with E-state index in [1.807, 2.05) is 0 Å². The minimum absolute atomic E-state index is 0.0251. The number of halogens is 2. The van der Waals surface area contributed by atoms with Crippen molar-refractivity contribution in [3.63, 3.8) is 0 Å². The maximum absolute atomic E-state index is 14.7. The molecule has 0 heterocycles. The fraction of sp³-hybridized carbons (Fsp3) is 0.321. The number of likely N-dealkylation sites (N-methyl/N-ethyl adjacent to an activating group) is 1. The van der Waals surface area contributed by atoms with Crippen molar-refractivity contribution in [1.29, 1.82) is 0 Å². The zero-order valence-electron chi connectivity index (χ0n) is 21.2. The van der Waals surface area contributed by atoms with Gasteiger partial charge in [-0.3, -0.25) is 28.9 Å². The van der Waals surface area contributed by atoms with Crippen molar-refractivity contribution in [1.82, 2.24) is 4.90 Å². The average Bonchev–Trinajstić information content (AvgIpc) is 2.86. The predicted octanol–water partition coefficient (Wildman–Crippen LogP) is 0.114. The number of carbonyl (C=O) groups is 5. The molecule has 3 aliphatic carbocycles. The number of benzene rings is 2. The molecule has 5 rings (SSSR count). The Bertz CT molecular complexity index is 1550. The SMILES string of the molecule is CN(C)[C@H]1C(=O)C(C(N)=O)C(=O)[C@]2(O)C(=O)C3C(=O)c4c(O)cccc4C(=Cc4ccc(F)cc4F)[C@@H]3[C@@H](O)[C@H]12. The van der Waals surface area contributed by atoms with E-state index in [0.717, 1.165) is 18.2 Å². The van der Waals surface area contributed by atoms with Gasteiger partial charge in [-0.25, -0.2) is 8.78 Å². The lowest BCUT2D eigenvalue weighted by atomic mass is 9.50. The van der Waals surface area contributed by atoms with Crippen LogP contribution in [0.2, 0.25) is 0 Å². The molecule has 2 saturated carbocycles. The Balaban J connectivity index is 1.81. The zero-order chi connectivity index (χ0) is 29.4. The maximum Gasteiger partial charge on any atom is 0.235 e. The molecule has 7 atom stereocenters. The molecule has 2 aromatic carbocycles. The Labute approximate surface area is 225 Å². The van der Waals surface area contributed by atoms with E-state index in [0.29, 0.717) is 6.07 Å². The van der Waals surface area contributed by atoms with Crippen LogP contribution in [0.25, 0.3) is 11.6 Å². The van der Waals surface area contributed by atoms with Gasteiger partial charge in [0.25, 0.3) is 0 Å².